The minimum atomic E-state index is -5.46. The van der Waals surface area contributed by atoms with E-state index in [4.69, 9.17) is 5.11 Å². The number of nitrogens with one attached hydrogen (secondary N) is 1. The zero-order valence-corrected chi connectivity index (χ0v) is 9.23. The summed E-state index contributed by atoms with van der Waals surface area (Å²) in [6.45, 7) is 0. The summed E-state index contributed by atoms with van der Waals surface area (Å²) >= 11 is 0. The molecule has 1 aliphatic rings. The van der Waals surface area contributed by atoms with Crippen LogP contribution in [0.3, 0.4) is 0 Å². The molecule has 2 atom stereocenters. The number of carbonyl (C=O) groups excluding carboxylic acids is 1. The molecule has 2 unspecified atom stereocenters. The Morgan fingerprint density at radius 2 is 1.68 bits per heavy atom. The third-order valence-electron chi connectivity index (χ3n) is 3.02. The summed E-state index contributed by atoms with van der Waals surface area (Å²) < 4.78 is 74.5. The Kier molecular flexibility index (Phi) is 3.74. The molecule has 2 N–H and O–H groups in total. The number of halogens is 6. The smallest absolute Gasteiger partial charge is 0.471 e. The molecule has 0 heterocycles. The van der Waals surface area contributed by atoms with Crippen molar-refractivity contribution in [1.29, 1.82) is 0 Å². The number of carboxylic acids is 1. The Morgan fingerprint density at radius 1 is 1.16 bits per heavy atom. The van der Waals surface area contributed by atoms with Crippen LogP contribution in [-0.2, 0) is 9.59 Å². The quantitative estimate of drug-likeness (QED) is 0.764. The van der Waals surface area contributed by atoms with Gasteiger partial charge in [0.2, 0.25) is 0 Å². The molecule has 0 aromatic carbocycles. The van der Waals surface area contributed by atoms with Gasteiger partial charge in [0, 0.05) is 0 Å². The predicted octanol–water partition coefficient (Wildman–Crippen LogP) is 1.85. The van der Waals surface area contributed by atoms with Crippen LogP contribution in [0.2, 0.25) is 0 Å². The second kappa shape index (κ2) is 4.57. The Hall–Kier alpha value is -1.48. The highest BCUT2D eigenvalue weighted by Gasteiger charge is 2.62. The average Bonchev–Trinajstić information content (AvgIpc) is 2.60. The van der Waals surface area contributed by atoms with E-state index in [1.54, 1.807) is 0 Å². The number of carbonyl (C=O) groups is 2. The summed E-state index contributed by atoms with van der Waals surface area (Å²) in [5.74, 6) is -5.70. The first kappa shape index (κ1) is 15.6. The van der Waals surface area contributed by atoms with Crippen LogP contribution >= 0.6 is 0 Å². The van der Waals surface area contributed by atoms with Gasteiger partial charge in [-0.25, -0.2) is 0 Å². The first-order valence-corrected chi connectivity index (χ1v) is 5.08. The molecule has 0 aliphatic heterocycles. The van der Waals surface area contributed by atoms with Gasteiger partial charge in [-0.15, -0.1) is 0 Å². The molecule has 10 heteroatoms. The van der Waals surface area contributed by atoms with Gasteiger partial charge in [-0.3, -0.25) is 9.59 Å². The van der Waals surface area contributed by atoms with Crippen LogP contribution in [-0.4, -0.2) is 34.9 Å². The Morgan fingerprint density at radius 3 is 2.00 bits per heavy atom. The standard InChI is InChI=1S/C9H9F6NO3/c10-8(11,12)6(19)16-7(9(13,14)15)2-1-4(3-7)5(17)18/h4H,1-3H2,(H,16,19)(H,17,18). The van der Waals surface area contributed by atoms with Crippen molar-refractivity contribution in [3.8, 4) is 0 Å². The zero-order valence-electron chi connectivity index (χ0n) is 9.23. The van der Waals surface area contributed by atoms with E-state index in [-0.39, 0.29) is 0 Å². The van der Waals surface area contributed by atoms with Crippen LogP contribution < -0.4 is 5.32 Å². The minimum Gasteiger partial charge on any atom is -0.481 e. The molecule has 0 bridgehead atoms. The maximum absolute atomic E-state index is 12.8. The monoisotopic (exact) mass is 293 g/mol. The van der Waals surface area contributed by atoms with Gasteiger partial charge in [0.1, 0.15) is 5.54 Å². The maximum atomic E-state index is 12.8. The topological polar surface area (TPSA) is 66.4 Å². The van der Waals surface area contributed by atoms with Gasteiger partial charge in [-0.1, -0.05) is 0 Å². The molecule has 110 valence electrons. The van der Waals surface area contributed by atoms with Gasteiger partial charge in [0.25, 0.3) is 0 Å². The number of amides is 1. The summed E-state index contributed by atoms with van der Waals surface area (Å²) in [4.78, 5) is 21.3. The van der Waals surface area contributed by atoms with Gasteiger partial charge in [0.15, 0.2) is 0 Å². The lowest BCUT2D eigenvalue weighted by molar-refractivity contribution is -0.209. The van der Waals surface area contributed by atoms with E-state index in [9.17, 15) is 35.9 Å². The fourth-order valence-electron chi connectivity index (χ4n) is 1.99. The van der Waals surface area contributed by atoms with E-state index >= 15 is 0 Å². The average molecular weight is 293 g/mol. The molecule has 0 aromatic heterocycles. The lowest BCUT2D eigenvalue weighted by atomic mass is 9.94. The highest BCUT2D eigenvalue weighted by Crippen LogP contribution is 2.46. The van der Waals surface area contributed by atoms with Gasteiger partial charge < -0.3 is 10.4 Å². The first-order valence-electron chi connectivity index (χ1n) is 5.08. The molecule has 1 saturated carbocycles. The summed E-state index contributed by atoms with van der Waals surface area (Å²) in [6, 6.07) is 0. The highest BCUT2D eigenvalue weighted by atomic mass is 19.4. The van der Waals surface area contributed by atoms with Crippen molar-refractivity contribution in [3.05, 3.63) is 0 Å². The Balaban J connectivity index is 2.99. The lowest BCUT2D eigenvalue weighted by Crippen LogP contribution is -2.60. The molecule has 1 fully saturated rings. The van der Waals surface area contributed by atoms with E-state index in [2.05, 4.69) is 0 Å². The van der Waals surface area contributed by atoms with Gasteiger partial charge in [-0.05, 0) is 19.3 Å². The number of rotatable bonds is 2. The molecular formula is C9H9F6NO3. The van der Waals surface area contributed by atoms with Gasteiger partial charge in [0.05, 0.1) is 5.92 Å². The van der Waals surface area contributed by atoms with E-state index in [1.165, 1.54) is 0 Å². The first-order chi connectivity index (χ1) is 8.39. The van der Waals surface area contributed by atoms with Crippen molar-refractivity contribution in [2.75, 3.05) is 0 Å². The van der Waals surface area contributed by atoms with Crippen molar-refractivity contribution in [3.63, 3.8) is 0 Å². The molecule has 0 aromatic rings. The van der Waals surface area contributed by atoms with E-state index < -0.39 is 54.9 Å². The lowest BCUT2D eigenvalue weighted by Gasteiger charge is -2.33. The van der Waals surface area contributed by atoms with Crippen LogP contribution in [0.15, 0.2) is 0 Å². The SMILES string of the molecule is O=C(O)C1CCC(NC(=O)C(F)(F)F)(C(F)(F)F)C1. The Bertz CT molecular complexity index is 390. The molecule has 4 nitrogen and oxygen atoms in total. The van der Waals surface area contributed by atoms with E-state index in [1.807, 2.05) is 0 Å². The maximum Gasteiger partial charge on any atom is 0.471 e. The van der Waals surface area contributed by atoms with Crippen molar-refractivity contribution in [1.82, 2.24) is 5.32 Å². The number of carboxylic acid groups (broad SMARTS) is 1. The normalized spacial score (nSPS) is 28.2. The molecule has 1 aliphatic carbocycles. The molecule has 1 amide bonds. The minimum absolute atomic E-state index is 0.451. The number of alkyl halides is 6. The third kappa shape index (κ3) is 3.10. The third-order valence-corrected chi connectivity index (χ3v) is 3.02. The van der Waals surface area contributed by atoms with E-state index in [0.29, 0.717) is 0 Å². The molecule has 19 heavy (non-hydrogen) atoms. The van der Waals surface area contributed by atoms with Gasteiger partial charge in [-0.2, -0.15) is 26.3 Å². The van der Waals surface area contributed by atoms with Gasteiger partial charge >= 0.3 is 24.2 Å². The number of hydrogen-bond acceptors (Lipinski definition) is 2. The fraction of sp³-hybridized carbons (Fsp3) is 0.778. The number of aliphatic carboxylic acids is 1. The van der Waals surface area contributed by atoms with Crippen LogP contribution in [0.1, 0.15) is 19.3 Å². The Labute approximate surface area is 102 Å². The van der Waals surface area contributed by atoms with Crippen molar-refractivity contribution in [2.45, 2.75) is 37.2 Å². The summed E-state index contributed by atoms with van der Waals surface area (Å²) in [5.41, 5.74) is -3.14. The molecule has 0 saturated heterocycles. The summed E-state index contributed by atoms with van der Waals surface area (Å²) in [6.07, 6.45) is -13.1. The molecule has 0 radical (unpaired) electrons. The van der Waals surface area contributed by atoms with Crippen molar-refractivity contribution < 1.29 is 41.0 Å². The largest absolute Gasteiger partial charge is 0.481 e. The van der Waals surface area contributed by atoms with Crippen LogP contribution in [0.5, 0.6) is 0 Å². The second-order valence-corrected chi connectivity index (χ2v) is 4.31. The molecule has 0 spiro atoms. The van der Waals surface area contributed by atoms with E-state index in [0.717, 1.165) is 5.32 Å². The van der Waals surface area contributed by atoms with Crippen LogP contribution in [0.25, 0.3) is 0 Å². The second-order valence-electron chi connectivity index (χ2n) is 4.31. The van der Waals surface area contributed by atoms with Crippen LogP contribution in [0, 0.1) is 5.92 Å². The number of hydrogen-bond donors (Lipinski definition) is 2. The summed E-state index contributed by atoms with van der Waals surface area (Å²) in [5, 5.41) is 9.51. The van der Waals surface area contributed by atoms with Crippen LogP contribution in [0.4, 0.5) is 26.3 Å². The highest BCUT2D eigenvalue weighted by molar-refractivity contribution is 5.83. The fourth-order valence-corrected chi connectivity index (χ4v) is 1.99. The zero-order chi connectivity index (χ0) is 15.1. The van der Waals surface area contributed by atoms with Crippen molar-refractivity contribution in [2.24, 2.45) is 5.92 Å². The predicted molar refractivity (Wildman–Crippen MR) is 48.0 cm³/mol. The molecule has 1 rings (SSSR count). The summed E-state index contributed by atoms with van der Waals surface area (Å²) in [7, 11) is 0. The van der Waals surface area contributed by atoms with Crippen molar-refractivity contribution >= 4 is 11.9 Å². The molecular weight excluding hydrogens is 284 g/mol.